The number of hydrogen-bond donors (Lipinski definition) is 1. The van der Waals surface area contributed by atoms with Crippen LogP contribution in [0.5, 0.6) is 0 Å². The molecule has 1 aliphatic rings. The molecule has 1 aliphatic carbocycles. The lowest BCUT2D eigenvalue weighted by Gasteiger charge is -2.26. The van der Waals surface area contributed by atoms with Crippen LogP contribution in [0, 0.1) is 5.82 Å². The first-order chi connectivity index (χ1) is 11.8. The van der Waals surface area contributed by atoms with Crippen LogP contribution in [0.2, 0.25) is 0 Å². The second kappa shape index (κ2) is 6.83. The van der Waals surface area contributed by atoms with Crippen molar-refractivity contribution in [3.05, 3.63) is 76.5 Å². The van der Waals surface area contributed by atoms with E-state index in [2.05, 4.69) is 39.9 Å². The summed E-state index contributed by atoms with van der Waals surface area (Å²) < 4.78 is 13.0. The Bertz CT molecular complexity index is 826. The number of fused-ring (bicyclic) bond motifs is 1. The normalized spacial score (nSPS) is 16.8. The van der Waals surface area contributed by atoms with Crippen molar-refractivity contribution in [2.45, 2.75) is 31.8 Å². The first-order valence-corrected chi connectivity index (χ1v) is 9.19. The van der Waals surface area contributed by atoms with Crippen LogP contribution >= 0.6 is 11.3 Å². The average Bonchev–Trinajstić information content (AvgIpc) is 3.09. The standard InChI is InChI=1S/C20H19FN2S/c21-16-10-8-15(9-11-16)20-23-17(13-24-20)12-22-19-7-3-5-14-4-1-2-6-18(14)19/h1-2,4,6,8-11,13,19,22H,3,5,7,12H2. The van der Waals surface area contributed by atoms with Crippen LogP contribution in [0.3, 0.4) is 0 Å². The quantitative estimate of drug-likeness (QED) is 0.714. The van der Waals surface area contributed by atoms with E-state index >= 15 is 0 Å². The Hall–Kier alpha value is -2.04. The smallest absolute Gasteiger partial charge is 0.123 e. The summed E-state index contributed by atoms with van der Waals surface area (Å²) in [7, 11) is 0. The number of aromatic nitrogens is 1. The van der Waals surface area contributed by atoms with Gasteiger partial charge in [0.25, 0.3) is 0 Å². The van der Waals surface area contributed by atoms with Gasteiger partial charge in [0.2, 0.25) is 0 Å². The van der Waals surface area contributed by atoms with Crippen LogP contribution in [0.15, 0.2) is 53.9 Å². The zero-order chi connectivity index (χ0) is 16.4. The molecule has 0 spiro atoms. The molecule has 0 radical (unpaired) electrons. The van der Waals surface area contributed by atoms with E-state index in [1.165, 1.54) is 42.5 Å². The molecular weight excluding hydrogens is 319 g/mol. The zero-order valence-corrected chi connectivity index (χ0v) is 14.2. The van der Waals surface area contributed by atoms with Crippen molar-refractivity contribution in [3.63, 3.8) is 0 Å². The number of hydrogen-bond acceptors (Lipinski definition) is 3. The molecule has 1 aromatic heterocycles. The molecule has 0 saturated carbocycles. The van der Waals surface area contributed by atoms with E-state index in [0.717, 1.165) is 22.8 Å². The fourth-order valence-electron chi connectivity index (χ4n) is 3.31. The third-order valence-electron chi connectivity index (χ3n) is 4.54. The molecule has 0 amide bonds. The predicted octanol–water partition coefficient (Wildman–Crippen LogP) is 5.12. The number of halogens is 1. The van der Waals surface area contributed by atoms with Gasteiger partial charge in [-0.15, -0.1) is 11.3 Å². The summed E-state index contributed by atoms with van der Waals surface area (Å²) in [6, 6.07) is 15.6. The Morgan fingerprint density at radius 1 is 1.12 bits per heavy atom. The average molecular weight is 338 g/mol. The lowest BCUT2D eigenvalue weighted by molar-refractivity contribution is 0.457. The van der Waals surface area contributed by atoms with Gasteiger partial charge in [-0.25, -0.2) is 9.37 Å². The topological polar surface area (TPSA) is 24.9 Å². The second-order valence-corrected chi connectivity index (χ2v) is 7.03. The van der Waals surface area contributed by atoms with Gasteiger partial charge in [-0.3, -0.25) is 0 Å². The van der Waals surface area contributed by atoms with Crippen LogP contribution in [0.4, 0.5) is 4.39 Å². The van der Waals surface area contributed by atoms with Crippen molar-refractivity contribution in [1.82, 2.24) is 10.3 Å². The predicted molar refractivity (Wildman–Crippen MR) is 96.5 cm³/mol. The zero-order valence-electron chi connectivity index (χ0n) is 13.3. The van der Waals surface area contributed by atoms with Gasteiger partial charge in [-0.05, 0) is 54.7 Å². The van der Waals surface area contributed by atoms with E-state index in [0.29, 0.717) is 6.04 Å². The van der Waals surface area contributed by atoms with E-state index < -0.39 is 0 Å². The Balaban J connectivity index is 1.45. The Morgan fingerprint density at radius 2 is 1.96 bits per heavy atom. The maximum absolute atomic E-state index is 13.0. The third-order valence-corrected chi connectivity index (χ3v) is 5.48. The number of rotatable bonds is 4. The van der Waals surface area contributed by atoms with E-state index in [1.807, 2.05) is 0 Å². The maximum atomic E-state index is 13.0. The molecule has 24 heavy (non-hydrogen) atoms. The van der Waals surface area contributed by atoms with Gasteiger partial charge in [-0.2, -0.15) is 0 Å². The number of nitrogens with one attached hydrogen (secondary N) is 1. The lowest BCUT2D eigenvalue weighted by Crippen LogP contribution is -2.24. The van der Waals surface area contributed by atoms with Gasteiger partial charge in [0.15, 0.2) is 0 Å². The molecule has 1 heterocycles. The molecule has 1 atom stereocenters. The molecule has 3 aromatic rings. The highest BCUT2D eigenvalue weighted by atomic mass is 32.1. The minimum absolute atomic E-state index is 0.215. The van der Waals surface area contributed by atoms with Crippen molar-refractivity contribution in [3.8, 4) is 10.6 Å². The van der Waals surface area contributed by atoms with Crippen LogP contribution < -0.4 is 5.32 Å². The van der Waals surface area contributed by atoms with Gasteiger partial charge in [0.1, 0.15) is 10.8 Å². The molecule has 2 aromatic carbocycles. The summed E-state index contributed by atoms with van der Waals surface area (Å²) in [6.07, 6.45) is 3.58. The summed E-state index contributed by atoms with van der Waals surface area (Å²) in [5.41, 5.74) is 4.90. The molecule has 0 saturated heterocycles. The van der Waals surface area contributed by atoms with Crippen LogP contribution in [0.1, 0.15) is 35.7 Å². The number of thiazole rings is 1. The first-order valence-electron chi connectivity index (χ1n) is 8.31. The van der Waals surface area contributed by atoms with Gasteiger partial charge in [-0.1, -0.05) is 24.3 Å². The summed E-state index contributed by atoms with van der Waals surface area (Å²) in [4.78, 5) is 4.68. The first kappa shape index (κ1) is 15.5. The highest BCUT2D eigenvalue weighted by Gasteiger charge is 2.19. The molecule has 4 heteroatoms. The van der Waals surface area contributed by atoms with Gasteiger partial charge < -0.3 is 5.32 Å². The Kier molecular flexibility index (Phi) is 4.41. The molecule has 0 bridgehead atoms. The van der Waals surface area contributed by atoms with E-state index in [1.54, 1.807) is 23.5 Å². The largest absolute Gasteiger partial charge is 0.304 e. The van der Waals surface area contributed by atoms with Crippen molar-refractivity contribution in [2.24, 2.45) is 0 Å². The molecule has 0 aliphatic heterocycles. The third kappa shape index (κ3) is 3.25. The van der Waals surface area contributed by atoms with Gasteiger partial charge in [0.05, 0.1) is 5.69 Å². The fourth-order valence-corrected chi connectivity index (χ4v) is 4.13. The molecule has 4 rings (SSSR count). The van der Waals surface area contributed by atoms with E-state index in [9.17, 15) is 4.39 Å². The number of benzene rings is 2. The second-order valence-electron chi connectivity index (χ2n) is 6.18. The maximum Gasteiger partial charge on any atom is 0.123 e. The van der Waals surface area contributed by atoms with Crippen molar-refractivity contribution >= 4 is 11.3 Å². The van der Waals surface area contributed by atoms with Gasteiger partial charge in [0, 0.05) is 23.5 Å². The van der Waals surface area contributed by atoms with Crippen LogP contribution in [0.25, 0.3) is 10.6 Å². The summed E-state index contributed by atoms with van der Waals surface area (Å²) in [5, 5.41) is 6.68. The molecule has 2 nitrogen and oxygen atoms in total. The van der Waals surface area contributed by atoms with Crippen LogP contribution in [-0.4, -0.2) is 4.98 Å². The minimum atomic E-state index is -0.215. The highest BCUT2D eigenvalue weighted by Crippen LogP contribution is 2.30. The van der Waals surface area contributed by atoms with Crippen LogP contribution in [-0.2, 0) is 13.0 Å². The van der Waals surface area contributed by atoms with E-state index in [-0.39, 0.29) is 5.82 Å². The van der Waals surface area contributed by atoms with E-state index in [4.69, 9.17) is 0 Å². The van der Waals surface area contributed by atoms with Gasteiger partial charge >= 0.3 is 0 Å². The Labute approximate surface area is 145 Å². The summed E-state index contributed by atoms with van der Waals surface area (Å²) in [5.74, 6) is -0.215. The molecule has 0 fully saturated rings. The SMILES string of the molecule is Fc1ccc(-c2nc(CNC3CCCc4ccccc43)cs2)cc1. The summed E-state index contributed by atoms with van der Waals surface area (Å²) in [6.45, 7) is 0.761. The summed E-state index contributed by atoms with van der Waals surface area (Å²) >= 11 is 1.61. The Morgan fingerprint density at radius 3 is 2.83 bits per heavy atom. The minimum Gasteiger partial charge on any atom is -0.304 e. The number of nitrogens with zero attached hydrogens (tertiary/aromatic N) is 1. The van der Waals surface area contributed by atoms with Crippen molar-refractivity contribution in [2.75, 3.05) is 0 Å². The highest BCUT2D eigenvalue weighted by molar-refractivity contribution is 7.13. The lowest BCUT2D eigenvalue weighted by atomic mass is 9.88. The molecule has 122 valence electrons. The van der Waals surface area contributed by atoms with Crippen molar-refractivity contribution in [1.29, 1.82) is 0 Å². The molecule has 1 N–H and O–H groups in total. The molecule has 1 unspecified atom stereocenters. The number of aryl methyl sites for hydroxylation is 1. The van der Waals surface area contributed by atoms with Crippen molar-refractivity contribution < 1.29 is 4.39 Å². The monoisotopic (exact) mass is 338 g/mol. The molecular formula is C20H19FN2S. The fraction of sp³-hybridized carbons (Fsp3) is 0.250.